The number of nitrogens with one attached hydrogen (secondary N) is 3. The highest BCUT2D eigenvalue weighted by Gasteiger charge is 2.41. The Hall–Kier alpha value is -3.64. The second kappa shape index (κ2) is 12.8. The van der Waals surface area contributed by atoms with E-state index < -0.39 is 11.7 Å². The van der Waals surface area contributed by atoms with Crippen LogP contribution in [0.1, 0.15) is 53.1 Å². The first-order valence-electron chi connectivity index (χ1n) is 14.8. The Morgan fingerprint density at radius 3 is 2.32 bits per heavy atom. The van der Waals surface area contributed by atoms with Crippen molar-refractivity contribution in [1.82, 2.24) is 25.4 Å². The summed E-state index contributed by atoms with van der Waals surface area (Å²) in [7, 11) is 0. The van der Waals surface area contributed by atoms with E-state index in [1.165, 1.54) is 5.56 Å². The maximum absolute atomic E-state index is 13.9. The molecule has 12 heteroatoms. The maximum Gasteiger partial charge on any atom is 0.318 e. The number of para-hydroxylation sites is 1. The van der Waals surface area contributed by atoms with E-state index in [2.05, 4.69) is 52.8 Å². The number of carbonyl (C=O) groups excluding carboxylic acids is 3. The van der Waals surface area contributed by atoms with Gasteiger partial charge in [-0.2, -0.15) is 0 Å². The summed E-state index contributed by atoms with van der Waals surface area (Å²) in [6.07, 6.45) is 6.58. The number of hydrogen-bond donors (Lipinski definition) is 4. The third-order valence-electron chi connectivity index (χ3n) is 8.90. The molecule has 1 atom stereocenters. The fourth-order valence-electron chi connectivity index (χ4n) is 6.41. The predicted molar refractivity (Wildman–Crippen MR) is 173 cm³/mol. The standard InChI is InChI=1S/C32H34Br2N6O4/c33-24-17-20(18-25(34)28(24)41)19-27(30(43)39-13-7-22(8-14-39)21-5-11-35-12-6-21)36-31(44)40-15-9-32(10-16-40)37-26-4-2-1-3-23(26)29(42)38-32/h1-6,11-12,17-18,22,27,37,41H,7-10,13-16,19H2,(H,36,44)(H,38,42)/t27-/m1/s1. The maximum atomic E-state index is 13.9. The highest BCUT2D eigenvalue weighted by molar-refractivity contribution is 9.11. The average molecular weight is 726 g/mol. The van der Waals surface area contributed by atoms with Gasteiger partial charge in [-0.3, -0.25) is 14.6 Å². The number of aromatic hydroxyl groups is 1. The van der Waals surface area contributed by atoms with Crippen LogP contribution in [0.4, 0.5) is 10.5 Å². The largest absolute Gasteiger partial charge is 0.506 e. The molecule has 44 heavy (non-hydrogen) atoms. The molecule has 2 aromatic carbocycles. The average Bonchev–Trinajstić information content (AvgIpc) is 3.03. The van der Waals surface area contributed by atoms with E-state index in [4.69, 9.17) is 0 Å². The molecule has 4 heterocycles. The number of likely N-dealkylation sites (tertiary alicyclic amines) is 2. The van der Waals surface area contributed by atoms with Gasteiger partial charge in [0.1, 0.15) is 17.5 Å². The topological polar surface area (TPSA) is 127 Å². The van der Waals surface area contributed by atoms with Gasteiger partial charge in [0.05, 0.1) is 14.5 Å². The Morgan fingerprint density at radius 2 is 1.64 bits per heavy atom. The zero-order chi connectivity index (χ0) is 30.8. The van der Waals surface area contributed by atoms with Crippen LogP contribution in [0.3, 0.4) is 0 Å². The summed E-state index contributed by atoms with van der Waals surface area (Å²) in [4.78, 5) is 48.0. The van der Waals surface area contributed by atoms with Crippen molar-refractivity contribution in [1.29, 1.82) is 0 Å². The first-order chi connectivity index (χ1) is 21.2. The van der Waals surface area contributed by atoms with Crippen LogP contribution in [0.15, 0.2) is 69.9 Å². The summed E-state index contributed by atoms with van der Waals surface area (Å²) < 4.78 is 1.00. The predicted octanol–water partition coefficient (Wildman–Crippen LogP) is 4.99. The minimum atomic E-state index is -0.793. The van der Waals surface area contributed by atoms with E-state index in [1.807, 2.05) is 35.2 Å². The molecule has 230 valence electrons. The highest BCUT2D eigenvalue weighted by Crippen LogP contribution is 2.35. The normalized spacial score (nSPS) is 18.6. The van der Waals surface area contributed by atoms with Crippen molar-refractivity contribution in [3.8, 4) is 5.75 Å². The third kappa shape index (κ3) is 6.41. The van der Waals surface area contributed by atoms with Gasteiger partial charge in [0.2, 0.25) is 5.91 Å². The molecule has 4 amide bonds. The Kier molecular flexibility index (Phi) is 8.82. The van der Waals surface area contributed by atoms with Gasteiger partial charge in [0.25, 0.3) is 5.91 Å². The number of pyridine rings is 1. The number of phenolic OH excluding ortho intramolecular Hbond substituents is 1. The molecule has 1 aromatic heterocycles. The van der Waals surface area contributed by atoms with Crippen molar-refractivity contribution >= 4 is 55.4 Å². The second-order valence-corrected chi connectivity index (χ2v) is 13.4. The Bertz CT molecular complexity index is 1530. The quantitative estimate of drug-likeness (QED) is 0.294. The van der Waals surface area contributed by atoms with Crippen molar-refractivity contribution in [3.05, 3.63) is 86.6 Å². The summed E-state index contributed by atoms with van der Waals surface area (Å²) in [5.41, 5.74) is 2.79. The molecule has 2 fully saturated rings. The Morgan fingerprint density at radius 1 is 0.977 bits per heavy atom. The number of phenols is 1. The van der Waals surface area contributed by atoms with Crippen LogP contribution >= 0.6 is 31.9 Å². The summed E-state index contributed by atoms with van der Waals surface area (Å²) in [6.45, 7) is 2.02. The molecule has 1 spiro atoms. The molecule has 6 rings (SSSR count). The molecule has 10 nitrogen and oxygen atoms in total. The van der Waals surface area contributed by atoms with Crippen LogP contribution in [-0.4, -0.2) is 75.6 Å². The number of benzene rings is 2. The number of urea groups is 1. The zero-order valence-electron chi connectivity index (χ0n) is 24.1. The van der Waals surface area contributed by atoms with Crippen molar-refractivity contribution in [2.75, 3.05) is 31.5 Å². The van der Waals surface area contributed by atoms with E-state index in [-0.39, 0.29) is 30.0 Å². The number of amides is 4. The third-order valence-corrected chi connectivity index (χ3v) is 10.1. The minimum absolute atomic E-state index is 0.0760. The summed E-state index contributed by atoms with van der Waals surface area (Å²) in [5, 5.41) is 19.8. The van der Waals surface area contributed by atoms with Gasteiger partial charge in [-0.1, -0.05) is 12.1 Å². The van der Waals surface area contributed by atoms with Crippen molar-refractivity contribution < 1.29 is 19.5 Å². The van der Waals surface area contributed by atoms with Crippen molar-refractivity contribution in [2.45, 2.75) is 49.7 Å². The summed E-state index contributed by atoms with van der Waals surface area (Å²) in [6, 6.07) is 13.9. The van der Waals surface area contributed by atoms with Gasteiger partial charge < -0.3 is 30.9 Å². The number of piperidine rings is 2. The molecule has 4 N–H and O–H groups in total. The van der Waals surface area contributed by atoms with Crippen LogP contribution in [0.25, 0.3) is 0 Å². The number of nitrogens with zero attached hydrogens (tertiary/aromatic N) is 3. The molecule has 0 bridgehead atoms. The molecule has 2 saturated heterocycles. The second-order valence-electron chi connectivity index (χ2n) is 11.7. The minimum Gasteiger partial charge on any atom is -0.506 e. The first kappa shape index (κ1) is 30.4. The smallest absolute Gasteiger partial charge is 0.318 e. The van der Waals surface area contributed by atoms with E-state index in [1.54, 1.807) is 35.5 Å². The molecule has 3 aromatic rings. The molecule has 3 aliphatic rings. The molecule has 0 aliphatic carbocycles. The van der Waals surface area contributed by atoms with Gasteiger partial charge in [0.15, 0.2) is 0 Å². The number of anilines is 1. The number of hydrogen-bond acceptors (Lipinski definition) is 6. The van der Waals surface area contributed by atoms with E-state index in [0.29, 0.717) is 59.4 Å². The number of carbonyl (C=O) groups is 3. The van der Waals surface area contributed by atoms with Gasteiger partial charge in [-0.25, -0.2) is 4.79 Å². The lowest BCUT2D eigenvalue weighted by Crippen LogP contribution is -2.64. The number of rotatable bonds is 5. The zero-order valence-corrected chi connectivity index (χ0v) is 27.2. The molecule has 0 radical (unpaired) electrons. The van der Waals surface area contributed by atoms with Crippen LogP contribution in [-0.2, 0) is 11.2 Å². The van der Waals surface area contributed by atoms with E-state index >= 15 is 0 Å². The number of aromatic nitrogens is 1. The summed E-state index contributed by atoms with van der Waals surface area (Å²) in [5.74, 6) is 0.188. The van der Waals surface area contributed by atoms with Gasteiger partial charge in [-0.15, -0.1) is 0 Å². The lowest BCUT2D eigenvalue weighted by Gasteiger charge is -2.46. The van der Waals surface area contributed by atoms with Crippen molar-refractivity contribution in [2.24, 2.45) is 0 Å². The number of fused-ring (bicyclic) bond motifs is 1. The number of halogens is 2. The molecule has 3 aliphatic heterocycles. The van der Waals surface area contributed by atoms with Crippen LogP contribution in [0, 0.1) is 0 Å². The van der Waals surface area contributed by atoms with E-state index in [0.717, 1.165) is 24.1 Å². The first-order valence-corrected chi connectivity index (χ1v) is 16.4. The van der Waals surface area contributed by atoms with Crippen LogP contribution in [0.2, 0.25) is 0 Å². The van der Waals surface area contributed by atoms with Gasteiger partial charge in [0, 0.05) is 63.5 Å². The van der Waals surface area contributed by atoms with Crippen LogP contribution < -0.4 is 16.0 Å². The lowest BCUT2D eigenvalue weighted by molar-refractivity contribution is -0.134. The molecular formula is C32H34Br2N6O4. The highest BCUT2D eigenvalue weighted by atomic mass is 79.9. The summed E-state index contributed by atoms with van der Waals surface area (Å²) >= 11 is 6.76. The lowest BCUT2D eigenvalue weighted by atomic mass is 9.89. The van der Waals surface area contributed by atoms with Crippen molar-refractivity contribution in [3.63, 3.8) is 0 Å². The Balaban J connectivity index is 1.14. The molecule has 0 unspecified atom stereocenters. The Labute approximate surface area is 272 Å². The molecular weight excluding hydrogens is 692 g/mol. The SMILES string of the molecule is O=C1NC2(CCN(C(=O)N[C@H](Cc3cc(Br)c(O)c(Br)c3)C(=O)N3CCC(c4ccncc4)CC3)CC2)Nc2ccccc21. The van der Waals surface area contributed by atoms with Gasteiger partial charge >= 0.3 is 6.03 Å². The fourth-order valence-corrected chi connectivity index (χ4v) is 7.69. The monoisotopic (exact) mass is 724 g/mol. The van der Waals surface area contributed by atoms with Crippen LogP contribution in [0.5, 0.6) is 5.75 Å². The van der Waals surface area contributed by atoms with E-state index in [9.17, 15) is 19.5 Å². The molecule has 0 saturated carbocycles. The fraction of sp³-hybridized carbons (Fsp3) is 0.375. The van der Waals surface area contributed by atoms with Gasteiger partial charge in [-0.05, 0) is 98.1 Å².